The van der Waals surface area contributed by atoms with Gasteiger partial charge >= 0.3 is 5.97 Å². The lowest BCUT2D eigenvalue weighted by atomic mass is 10.0. The van der Waals surface area contributed by atoms with Crippen molar-refractivity contribution in [2.45, 2.75) is 13.0 Å². The molecular weight excluding hydrogens is 356 g/mol. The molecule has 0 aliphatic carbocycles. The first-order valence-electron chi connectivity index (χ1n) is 7.15. The first-order valence-corrected chi connectivity index (χ1v) is 7.94. The molecule has 0 saturated carbocycles. The normalized spacial score (nSPS) is 9.96. The van der Waals surface area contributed by atoms with Crippen molar-refractivity contribution in [3.8, 4) is 6.07 Å². The maximum Gasteiger partial charge on any atom is 0.325 e. The van der Waals surface area contributed by atoms with Crippen LogP contribution in [0.25, 0.3) is 0 Å². The lowest BCUT2D eigenvalue weighted by molar-refractivity contribution is -0.138. The molecule has 0 radical (unpaired) electrons. The number of esters is 1. The Morgan fingerprint density at radius 2 is 1.83 bits per heavy atom. The Hall–Kier alpha value is -2.32. The van der Waals surface area contributed by atoms with Gasteiger partial charge in [0.1, 0.15) is 6.54 Å². The average molecular weight is 373 g/mol. The zero-order chi connectivity index (χ0) is 16.7. The van der Waals surface area contributed by atoms with E-state index in [1.165, 1.54) is 7.11 Å². The number of carbonyl (C=O) groups is 1. The van der Waals surface area contributed by atoms with Gasteiger partial charge in [0.2, 0.25) is 0 Å². The number of hydrogen-bond donors (Lipinski definition) is 0. The topological polar surface area (TPSA) is 53.3 Å². The highest BCUT2D eigenvalue weighted by atomic mass is 79.9. The number of methoxy groups -OCH3 is 1. The predicted octanol–water partition coefficient (Wildman–Crippen LogP) is 3.69. The van der Waals surface area contributed by atoms with Gasteiger partial charge in [0.25, 0.3) is 0 Å². The van der Waals surface area contributed by atoms with E-state index in [2.05, 4.69) is 22.0 Å². The molecule has 0 heterocycles. The lowest BCUT2D eigenvalue weighted by Crippen LogP contribution is -2.30. The van der Waals surface area contributed by atoms with Crippen molar-refractivity contribution in [1.29, 1.82) is 5.26 Å². The third kappa shape index (κ3) is 4.83. The molecule has 118 valence electrons. The number of nitrogens with zero attached hydrogens (tertiary/aromatic N) is 2. The summed E-state index contributed by atoms with van der Waals surface area (Å²) in [6.07, 6.45) is 0.350. The van der Waals surface area contributed by atoms with Crippen molar-refractivity contribution in [1.82, 2.24) is 0 Å². The van der Waals surface area contributed by atoms with E-state index in [1.807, 2.05) is 53.4 Å². The van der Waals surface area contributed by atoms with Crippen LogP contribution in [-0.2, 0) is 22.5 Å². The molecule has 0 saturated heterocycles. The van der Waals surface area contributed by atoms with E-state index in [4.69, 9.17) is 10.00 Å². The maximum atomic E-state index is 11.7. The number of halogens is 1. The molecule has 0 aromatic heterocycles. The van der Waals surface area contributed by atoms with Crippen LogP contribution < -0.4 is 4.90 Å². The van der Waals surface area contributed by atoms with Gasteiger partial charge in [-0.3, -0.25) is 4.79 Å². The fourth-order valence-electron chi connectivity index (χ4n) is 2.29. The number of hydrogen-bond acceptors (Lipinski definition) is 4. The zero-order valence-corrected chi connectivity index (χ0v) is 14.4. The molecule has 5 heteroatoms. The largest absolute Gasteiger partial charge is 0.468 e. The van der Waals surface area contributed by atoms with E-state index in [-0.39, 0.29) is 12.5 Å². The fraction of sp³-hybridized carbons (Fsp3) is 0.222. The molecule has 0 amide bonds. The van der Waals surface area contributed by atoms with Gasteiger partial charge in [-0.15, -0.1) is 0 Å². The summed E-state index contributed by atoms with van der Waals surface area (Å²) in [4.78, 5) is 13.7. The summed E-state index contributed by atoms with van der Waals surface area (Å²) in [6, 6.07) is 17.7. The van der Waals surface area contributed by atoms with Crippen LogP contribution in [0.4, 0.5) is 5.69 Å². The van der Waals surface area contributed by atoms with Gasteiger partial charge in [0.15, 0.2) is 0 Å². The summed E-state index contributed by atoms with van der Waals surface area (Å²) in [5, 5.41) is 8.97. The SMILES string of the molecule is COC(=O)CN(Cc1ccccc1CC#N)c1ccc(Br)cc1. The van der Waals surface area contributed by atoms with Gasteiger partial charge in [-0.1, -0.05) is 40.2 Å². The van der Waals surface area contributed by atoms with Gasteiger partial charge in [0, 0.05) is 16.7 Å². The van der Waals surface area contributed by atoms with Gasteiger partial charge in [-0.2, -0.15) is 5.26 Å². The molecule has 0 bridgehead atoms. The second-order valence-electron chi connectivity index (χ2n) is 5.01. The minimum atomic E-state index is -0.300. The monoisotopic (exact) mass is 372 g/mol. The lowest BCUT2D eigenvalue weighted by Gasteiger charge is -2.24. The number of ether oxygens (including phenoxy) is 1. The Morgan fingerprint density at radius 3 is 2.43 bits per heavy atom. The Kier molecular flexibility index (Phi) is 6.19. The van der Waals surface area contributed by atoms with Crippen molar-refractivity contribution in [2.24, 2.45) is 0 Å². The van der Waals surface area contributed by atoms with Crippen LogP contribution in [0.1, 0.15) is 11.1 Å². The third-order valence-electron chi connectivity index (χ3n) is 3.49. The zero-order valence-electron chi connectivity index (χ0n) is 12.8. The average Bonchev–Trinajstić information content (AvgIpc) is 2.56. The Morgan fingerprint density at radius 1 is 1.17 bits per heavy atom. The Labute approximate surface area is 144 Å². The highest BCUT2D eigenvalue weighted by molar-refractivity contribution is 9.10. The van der Waals surface area contributed by atoms with Crippen molar-refractivity contribution in [3.05, 3.63) is 64.1 Å². The highest BCUT2D eigenvalue weighted by Gasteiger charge is 2.14. The standard InChI is InChI=1S/C18H17BrN2O2/c1-23-18(22)13-21(17-8-6-16(19)7-9-17)12-15-5-3-2-4-14(15)10-11-20/h2-9H,10,12-13H2,1H3. The fourth-order valence-corrected chi connectivity index (χ4v) is 2.55. The van der Waals surface area contributed by atoms with E-state index >= 15 is 0 Å². The van der Waals surface area contributed by atoms with Crippen LogP contribution in [0, 0.1) is 11.3 Å². The molecule has 0 N–H and O–H groups in total. The molecule has 0 atom stereocenters. The maximum absolute atomic E-state index is 11.7. The number of carbonyl (C=O) groups excluding carboxylic acids is 1. The van der Waals surface area contributed by atoms with Crippen LogP contribution in [0.5, 0.6) is 0 Å². The van der Waals surface area contributed by atoms with Gasteiger partial charge in [-0.25, -0.2) is 0 Å². The molecule has 2 rings (SSSR count). The molecule has 2 aromatic rings. The van der Waals surface area contributed by atoms with Gasteiger partial charge in [0.05, 0.1) is 19.6 Å². The molecule has 23 heavy (non-hydrogen) atoms. The Balaban J connectivity index is 2.29. The summed E-state index contributed by atoms with van der Waals surface area (Å²) in [6.45, 7) is 0.688. The van der Waals surface area contributed by atoms with Crippen LogP contribution >= 0.6 is 15.9 Å². The molecule has 2 aromatic carbocycles. The molecule has 0 unspecified atom stereocenters. The van der Waals surface area contributed by atoms with Gasteiger partial charge < -0.3 is 9.64 Å². The number of benzene rings is 2. The van der Waals surface area contributed by atoms with Crippen LogP contribution in [0.15, 0.2) is 53.0 Å². The second kappa shape index (κ2) is 8.35. The van der Waals surface area contributed by atoms with Crippen LogP contribution in [-0.4, -0.2) is 19.6 Å². The highest BCUT2D eigenvalue weighted by Crippen LogP contribution is 2.22. The van der Waals surface area contributed by atoms with Crippen molar-refractivity contribution in [3.63, 3.8) is 0 Å². The van der Waals surface area contributed by atoms with Crippen LogP contribution in [0.2, 0.25) is 0 Å². The molecule has 0 fully saturated rings. The molecule has 4 nitrogen and oxygen atoms in total. The first-order chi connectivity index (χ1) is 11.1. The summed E-state index contributed by atoms with van der Waals surface area (Å²) < 4.78 is 5.78. The van der Waals surface area contributed by atoms with Crippen molar-refractivity contribution in [2.75, 3.05) is 18.6 Å². The molecule has 0 aliphatic rings. The van der Waals surface area contributed by atoms with E-state index in [9.17, 15) is 4.79 Å². The molecule has 0 spiro atoms. The smallest absolute Gasteiger partial charge is 0.325 e. The minimum absolute atomic E-state index is 0.152. The van der Waals surface area contributed by atoms with Crippen molar-refractivity contribution < 1.29 is 9.53 Å². The first kappa shape index (κ1) is 17.0. The summed E-state index contributed by atoms with van der Waals surface area (Å²) >= 11 is 3.41. The van der Waals surface area contributed by atoms with E-state index in [0.717, 1.165) is 21.3 Å². The minimum Gasteiger partial charge on any atom is -0.468 e. The molecular formula is C18H17BrN2O2. The molecule has 0 aliphatic heterocycles. The predicted molar refractivity (Wildman–Crippen MR) is 93.0 cm³/mol. The Bertz CT molecular complexity index is 708. The third-order valence-corrected chi connectivity index (χ3v) is 4.02. The quantitative estimate of drug-likeness (QED) is 0.725. The van der Waals surface area contributed by atoms with E-state index in [0.29, 0.717) is 13.0 Å². The number of rotatable bonds is 6. The second-order valence-corrected chi connectivity index (χ2v) is 5.93. The van der Waals surface area contributed by atoms with E-state index < -0.39 is 0 Å². The summed E-state index contributed by atoms with van der Waals surface area (Å²) in [5.74, 6) is -0.300. The summed E-state index contributed by atoms with van der Waals surface area (Å²) in [5.41, 5.74) is 2.92. The van der Waals surface area contributed by atoms with Crippen LogP contribution in [0.3, 0.4) is 0 Å². The van der Waals surface area contributed by atoms with E-state index in [1.54, 1.807) is 0 Å². The number of anilines is 1. The summed E-state index contributed by atoms with van der Waals surface area (Å²) in [7, 11) is 1.38. The van der Waals surface area contributed by atoms with Gasteiger partial charge in [-0.05, 0) is 35.4 Å². The number of nitriles is 1. The van der Waals surface area contributed by atoms with Crippen molar-refractivity contribution >= 4 is 27.6 Å².